The van der Waals surface area contributed by atoms with Gasteiger partial charge in [-0.15, -0.1) is 0 Å². The highest BCUT2D eigenvalue weighted by atomic mass is 16.2. The summed E-state index contributed by atoms with van der Waals surface area (Å²) in [4.78, 5) is 26.3. The third kappa shape index (κ3) is 5.08. The lowest BCUT2D eigenvalue weighted by molar-refractivity contribution is 0.0963. The van der Waals surface area contributed by atoms with Crippen LogP contribution in [0.1, 0.15) is 36.2 Å². The van der Waals surface area contributed by atoms with Crippen molar-refractivity contribution in [1.82, 2.24) is 10.2 Å². The lowest BCUT2D eigenvalue weighted by Gasteiger charge is -2.29. The quantitative estimate of drug-likeness (QED) is 0.839. The Hall–Kier alpha value is -2.82. The van der Waals surface area contributed by atoms with Gasteiger partial charge >= 0.3 is 6.03 Å². The molecule has 2 aromatic rings. The molecule has 0 spiro atoms. The summed E-state index contributed by atoms with van der Waals surface area (Å²) in [5.41, 5.74) is 2.20. The van der Waals surface area contributed by atoms with E-state index < -0.39 is 0 Å². The van der Waals surface area contributed by atoms with E-state index in [1.54, 1.807) is 31.3 Å². The molecule has 0 aliphatic carbocycles. The third-order valence-corrected chi connectivity index (χ3v) is 4.18. The fourth-order valence-corrected chi connectivity index (χ4v) is 2.51. The highest BCUT2D eigenvalue weighted by Crippen LogP contribution is 2.15. The summed E-state index contributed by atoms with van der Waals surface area (Å²) in [5, 5.41) is 5.49. The van der Waals surface area contributed by atoms with Crippen LogP contribution in [0.5, 0.6) is 0 Å². The first-order chi connectivity index (χ1) is 12.0. The maximum atomic E-state index is 12.8. The molecule has 0 radical (unpaired) electrons. The Morgan fingerprint density at radius 3 is 2.44 bits per heavy atom. The molecular weight excluding hydrogens is 314 g/mol. The summed E-state index contributed by atoms with van der Waals surface area (Å²) in [7, 11) is 1.58. The van der Waals surface area contributed by atoms with E-state index in [-0.39, 0.29) is 18.0 Å². The van der Waals surface area contributed by atoms with Gasteiger partial charge in [0.25, 0.3) is 5.91 Å². The average Bonchev–Trinajstić information content (AvgIpc) is 2.65. The molecule has 5 nitrogen and oxygen atoms in total. The Labute approximate surface area is 149 Å². The van der Waals surface area contributed by atoms with Gasteiger partial charge in [-0.2, -0.15) is 0 Å². The van der Waals surface area contributed by atoms with E-state index in [1.807, 2.05) is 42.2 Å². The van der Waals surface area contributed by atoms with Gasteiger partial charge in [0, 0.05) is 30.9 Å². The van der Waals surface area contributed by atoms with Crippen molar-refractivity contribution in [2.24, 2.45) is 0 Å². The van der Waals surface area contributed by atoms with Crippen LogP contribution in [0.2, 0.25) is 0 Å². The van der Waals surface area contributed by atoms with Crippen LogP contribution in [-0.2, 0) is 6.54 Å². The van der Waals surface area contributed by atoms with Gasteiger partial charge in [-0.05, 0) is 37.1 Å². The molecule has 0 aliphatic heterocycles. The zero-order chi connectivity index (χ0) is 18.2. The van der Waals surface area contributed by atoms with E-state index in [4.69, 9.17) is 0 Å². The molecule has 25 heavy (non-hydrogen) atoms. The number of hydrogen-bond donors (Lipinski definition) is 2. The van der Waals surface area contributed by atoms with Gasteiger partial charge < -0.3 is 15.5 Å². The predicted molar refractivity (Wildman–Crippen MR) is 101 cm³/mol. The van der Waals surface area contributed by atoms with Crippen molar-refractivity contribution in [2.45, 2.75) is 32.9 Å². The van der Waals surface area contributed by atoms with Crippen molar-refractivity contribution < 1.29 is 9.59 Å². The number of carbonyl (C=O) groups is 2. The van der Waals surface area contributed by atoms with Gasteiger partial charge in [-0.1, -0.05) is 43.3 Å². The van der Waals surface area contributed by atoms with E-state index in [9.17, 15) is 9.59 Å². The number of rotatable bonds is 6. The molecule has 3 amide bonds. The molecule has 0 aromatic heterocycles. The second-order valence-electron chi connectivity index (χ2n) is 5.96. The summed E-state index contributed by atoms with van der Waals surface area (Å²) < 4.78 is 0. The molecule has 1 atom stereocenters. The van der Waals surface area contributed by atoms with Gasteiger partial charge in [-0.3, -0.25) is 4.79 Å². The molecular formula is C20H25N3O2. The first-order valence-corrected chi connectivity index (χ1v) is 8.48. The van der Waals surface area contributed by atoms with Gasteiger partial charge in [-0.25, -0.2) is 4.79 Å². The van der Waals surface area contributed by atoms with E-state index in [1.165, 1.54) is 0 Å². The number of benzene rings is 2. The predicted octanol–water partition coefficient (Wildman–Crippen LogP) is 3.88. The SMILES string of the molecule is CC[C@@H](C)N(Cc1ccccc1)C(=O)Nc1cccc(C(=O)NC)c1. The zero-order valence-corrected chi connectivity index (χ0v) is 15.0. The first kappa shape index (κ1) is 18.5. The molecule has 0 saturated carbocycles. The van der Waals surface area contributed by atoms with E-state index in [0.29, 0.717) is 17.8 Å². The largest absolute Gasteiger partial charge is 0.355 e. The van der Waals surface area contributed by atoms with E-state index in [0.717, 1.165) is 12.0 Å². The maximum absolute atomic E-state index is 12.8. The fraction of sp³-hybridized carbons (Fsp3) is 0.300. The number of nitrogens with zero attached hydrogens (tertiary/aromatic N) is 1. The van der Waals surface area contributed by atoms with Crippen LogP contribution in [0, 0.1) is 0 Å². The van der Waals surface area contributed by atoms with Crippen molar-refractivity contribution in [3.63, 3.8) is 0 Å². The summed E-state index contributed by atoms with van der Waals surface area (Å²) >= 11 is 0. The van der Waals surface area contributed by atoms with Crippen molar-refractivity contribution in [3.8, 4) is 0 Å². The Morgan fingerprint density at radius 1 is 1.08 bits per heavy atom. The van der Waals surface area contributed by atoms with Gasteiger partial charge in [0.2, 0.25) is 0 Å². The topological polar surface area (TPSA) is 61.4 Å². The number of carbonyl (C=O) groups excluding carboxylic acids is 2. The van der Waals surface area contributed by atoms with Gasteiger partial charge in [0.15, 0.2) is 0 Å². The molecule has 0 heterocycles. The van der Waals surface area contributed by atoms with Crippen molar-refractivity contribution in [3.05, 3.63) is 65.7 Å². The number of anilines is 1. The summed E-state index contributed by atoms with van der Waals surface area (Å²) in [5.74, 6) is -0.181. The fourth-order valence-electron chi connectivity index (χ4n) is 2.51. The van der Waals surface area contributed by atoms with Gasteiger partial charge in [0.05, 0.1) is 0 Å². The number of nitrogens with one attached hydrogen (secondary N) is 2. The first-order valence-electron chi connectivity index (χ1n) is 8.48. The second-order valence-corrected chi connectivity index (χ2v) is 5.96. The van der Waals surface area contributed by atoms with Crippen molar-refractivity contribution in [2.75, 3.05) is 12.4 Å². The van der Waals surface area contributed by atoms with Crippen LogP contribution in [0.25, 0.3) is 0 Å². The number of amides is 3. The number of hydrogen-bond acceptors (Lipinski definition) is 2. The van der Waals surface area contributed by atoms with E-state index in [2.05, 4.69) is 17.6 Å². The molecule has 132 valence electrons. The van der Waals surface area contributed by atoms with Crippen LogP contribution >= 0.6 is 0 Å². The average molecular weight is 339 g/mol. The number of urea groups is 1. The molecule has 0 saturated heterocycles. The molecule has 2 rings (SSSR count). The molecule has 2 aromatic carbocycles. The molecule has 0 bridgehead atoms. The summed E-state index contributed by atoms with van der Waals surface area (Å²) in [6.45, 7) is 4.63. The van der Waals surface area contributed by atoms with Crippen molar-refractivity contribution in [1.29, 1.82) is 0 Å². The Balaban J connectivity index is 2.15. The summed E-state index contributed by atoms with van der Waals surface area (Å²) in [6.07, 6.45) is 0.860. The molecule has 0 fully saturated rings. The second kappa shape index (κ2) is 8.87. The smallest absolute Gasteiger partial charge is 0.322 e. The lowest BCUT2D eigenvalue weighted by atomic mass is 10.1. The Bertz CT molecular complexity index is 716. The van der Waals surface area contributed by atoms with Crippen LogP contribution < -0.4 is 10.6 Å². The molecule has 0 aliphatic rings. The zero-order valence-electron chi connectivity index (χ0n) is 15.0. The standard InChI is InChI=1S/C20H25N3O2/c1-4-15(2)23(14-16-9-6-5-7-10-16)20(25)22-18-12-8-11-17(13-18)19(24)21-3/h5-13,15H,4,14H2,1-3H3,(H,21,24)(H,22,25)/t15-/m1/s1. The minimum absolute atomic E-state index is 0.0994. The lowest BCUT2D eigenvalue weighted by Crippen LogP contribution is -2.40. The molecule has 2 N–H and O–H groups in total. The van der Waals surface area contributed by atoms with Crippen LogP contribution in [0.15, 0.2) is 54.6 Å². The Morgan fingerprint density at radius 2 is 1.80 bits per heavy atom. The monoisotopic (exact) mass is 339 g/mol. The highest BCUT2D eigenvalue weighted by molar-refractivity contribution is 5.96. The van der Waals surface area contributed by atoms with E-state index >= 15 is 0 Å². The summed E-state index contributed by atoms with van der Waals surface area (Å²) in [6, 6.07) is 16.8. The molecule has 0 unspecified atom stereocenters. The minimum atomic E-state index is -0.181. The van der Waals surface area contributed by atoms with Crippen LogP contribution in [0.4, 0.5) is 10.5 Å². The maximum Gasteiger partial charge on any atom is 0.322 e. The van der Waals surface area contributed by atoms with Crippen LogP contribution in [-0.4, -0.2) is 29.9 Å². The van der Waals surface area contributed by atoms with Crippen molar-refractivity contribution >= 4 is 17.6 Å². The van der Waals surface area contributed by atoms with Gasteiger partial charge in [0.1, 0.15) is 0 Å². The Kier molecular flexibility index (Phi) is 6.57. The third-order valence-electron chi connectivity index (χ3n) is 4.18. The normalized spacial score (nSPS) is 11.5. The minimum Gasteiger partial charge on any atom is -0.355 e. The van der Waals surface area contributed by atoms with Crippen LogP contribution in [0.3, 0.4) is 0 Å². The molecule has 5 heteroatoms. The highest BCUT2D eigenvalue weighted by Gasteiger charge is 2.19.